The zero-order valence-electron chi connectivity index (χ0n) is 10.9. The molecule has 106 valence electrons. The van der Waals surface area contributed by atoms with E-state index in [9.17, 15) is 4.79 Å². The van der Waals surface area contributed by atoms with Gasteiger partial charge in [-0.15, -0.1) is 12.4 Å². The highest BCUT2D eigenvalue weighted by Gasteiger charge is 2.26. The molecular weight excluding hydrogens is 256 g/mol. The molecule has 2 unspecified atom stereocenters. The zero-order chi connectivity index (χ0) is 12.1. The van der Waals surface area contributed by atoms with Gasteiger partial charge in [0.1, 0.15) is 6.10 Å². The number of likely N-dealkylation sites (N-methyl/N-ethyl adjacent to an activating group) is 1. The molecular formula is C12H23ClN2O3. The molecule has 0 spiro atoms. The number of carbonyl (C=O) groups excluding carboxylic acids is 1. The number of nitrogens with zero attached hydrogens (tertiary/aromatic N) is 1. The molecule has 2 atom stereocenters. The normalized spacial score (nSPS) is 28.3. The number of rotatable bonds is 3. The molecule has 2 heterocycles. The van der Waals surface area contributed by atoms with Gasteiger partial charge in [-0.2, -0.15) is 0 Å². The Morgan fingerprint density at radius 1 is 1.33 bits per heavy atom. The Bertz CT molecular complexity index is 254. The quantitative estimate of drug-likeness (QED) is 0.813. The molecule has 5 nitrogen and oxygen atoms in total. The van der Waals surface area contributed by atoms with Gasteiger partial charge in [0.2, 0.25) is 0 Å². The maximum absolute atomic E-state index is 12.1. The summed E-state index contributed by atoms with van der Waals surface area (Å²) in [5.74, 6) is 0.0615. The van der Waals surface area contributed by atoms with Crippen LogP contribution in [0.1, 0.15) is 19.3 Å². The number of halogens is 1. The van der Waals surface area contributed by atoms with Crippen molar-refractivity contribution in [3.63, 3.8) is 0 Å². The van der Waals surface area contributed by atoms with Crippen molar-refractivity contribution in [1.82, 2.24) is 10.2 Å². The van der Waals surface area contributed by atoms with E-state index in [0.717, 1.165) is 26.0 Å². The third-order valence-corrected chi connectivity index (χ3v) is 3.33. The maximum atomic E-state index is 12.1. The van der Waals surface area contributed by atoms with Gasteiger partial charge in [0.25, 0.3) is 5.91 Å². The second kappa shape index (κ2) is 7.94. The van der Waals surface area contributed by atoms with E-state index in [4.69, 9.17) is 9.47 Å². The topological polar surface area (TPSA) is 50.8 Å². The van der Waals surface area contributed by atoms with Crippen LogP contribution in [0.5, 0.6) is 0 Å². The molecule has 0 aromatic heterocycles. The van der Waals surface area contributed by atoms with Crippen molar-refractivity contribution in [3.8, 4) is 0 Å². The van der Waals surface area contributed by atoms with Crippen LogP contribution in [0.3, 0.4) is 0 Å². The van der Waals surface area contributed by atoms with Crippen LogP contribution in [0.15, 0.2) is 0 Å². The first-order valence-electron chi connectivity index (χ1n) is 6.46. The molecule has 2 aliphatic heterocycles. The van der Waals surface area contributed by atoms with Crippen LogP contribution in [0.4, 0.5) is 0 Å². The molecule has 2 aliphatic rings. The number of amides is 1. The van der Waals surface area contributed by atoms with Crippen molar-refractivity contribution in [2.24, 2.45) is 0 Å². The second-order valence-electron chi connectivity index (χ2n) is 4.77. The molecule has 0 bridgehead atoms. The highest BCUT2D eigenvalue weighted by molar-refractivity contribution is 5.85. The number of ether oxygens (including phenoxy) is 2. The molecule has 0 aromatic rings. The van der Waals surface area contributed by atoms with E-state index >= 15 is 0 Å². The van der Waals surface area contributed by atoms with Crippen LogP contribution in [0.25, 0.3) is 0 Å². The van der Waals surface area contributed by atoms with Gasteiger partial charge in [-0.3, -0.25) is 4.79 Å². The lowest BCUT2D eigenvalue weighted by molar-refractivity contribution is -0.146. The van der Waals surface area contributed by atoms with E-state index in [2.05, 4.69) is 5.32 Å². The predicted molar refractivity (Wildman–Crippen MR) is 71.1 cm³/mol. The largest absolute Gasteiger partial charge is 0.376 e. The molecule has 0 radical (unpaired) electrons. The SMILES string of the molecule is CN(CC1CCCCO1)C(=O)C1CNCCO1.Cl. The summed E-state index contributed by atoms with van der Waals surface area (Å²) in [7, 11) is 1.83. The van der Waals surface area contributed by atoms with Gasteiger partial charge < -0.3 is 19.7 Å². The van der Waals surface area contributed by atoms with Crippen LogP contribution in [0, 0.1) is 0 Å². The molecule has 6 heteroatoms. The van der Waals surface area contributed by atoms with Crippen LogP contribution >= 0.6 is 12.4 Å². The summed E-state index contributed by atoms with van der Waals surface area (Å²) >= 11 is 0. The van der Waals surface area contributed by atoms with Crippen LogP contribution in [0.2, 0.25) is 0 Å². The van der Waals surface area contributed by atoms with E-state index in [0.29, 0.717) is 19.7 Å². The summed E-state index contributed by atoms with van der Waals surface area (Å²) in [6.45, 7) is 3.57. The lowest BCUT2D eigenvalue weighted by Gasteiger charge is -2.31. The first-order valence-corrected chi connectivity index (χ1v) is 6.46. The maximum Gasteiger partial charge on any atom is 0.252 e. The summed E-state index contributed by atoms with van der Waals surface area (Å²) in [5, 5.41) is 3.17. The molecule has 2 fully saturated rings. The third-order valence-electron chi connectivity index (χ3n) is 3.33. The average molecular weight is 279 g/mol. The minimum absolute atomic E-state index is 0. The van der Waals surface area contributed by atoms with Gasteiger partial charge >= 0.3 is 0 Å². The van der Waals surface area contributed by atoms with Crippen LogP contribution in [-0.2, 0) is 14.3 Å². The number of carbonyl (C=O) groups is 1. The van der Waals surface area contributed by atoms with Crippen molar-refractivity contribution in [1.29, 1.82) is 0 Å². The Labute approximate surface area is 115 Å². The first kappa shape index (κ1) is 15.7. The van der Waals surface area contributed by atoms with Crippen molar-refractivity contribution in [3.05, 3.63) is 0 Å². The van der Waals surface area contributed by atoms with Crippen molar-refractivity contribution in [2.45, 2.75) is 31.5 Å². The van der Waals surface area contributed by atoms with E-state index in [1.807, 2.05) is 7.05 Å². The summed E-state index contributed by atoms with van der Waals surface area (Å²) in [4.78, 5) is 13.8. The van der Waals surface area contributed by atoms with E-state index < -0.39 is 0 Å². The lowest BCUT2D eigenvalue weighted by atomic mass is 10.1. The summed E-state index contributed by atoms with van der Waals surface area (Å²) in [6, 6.07) is 0. The zero-order valence-corrected chi connectivity index (χ0v) is 11.7. The highest BCUT2D eigenvalue weighted by atomic mass is 35.5. The molecule has 0 aromatic carbocycles. The summed E-state index contributed by atoms with van der Waals surface area (Å²) in [5.41, 5.74) is 0. The van der Waals surface area contributed by atoms with Gasteiger partial charge in [0, 0.05) is 33.3 Å². The van der Waals surface area contributed by atoms with Gasteiger partial charge in [0.05, 0.1) is 12.7 Å². The molecule has 2 saturated heterocycles. The summed E-state index contributed by atoms with van der Waals surface area (Å²) in [6.07, 6.45) is 3.28. The summed E-state index contributed by atoms with van der Waals surface area (Å²) < 4.78 is 11.1. The monoisotopic (exact) mass is 278 g/mol. The minimum Gasteiger partial charge on any atom is -0.376 e. The smallest absolute Gasteiger partial charge is 0.252 e. The minimum atomic E-state index is -0.322. The first-order chi connectivity index (χ1) is 8.27. The fraction of sp³-hybridized carbons (Fsp3) is 0.917. The van der Waals surface area contributed by atoms with Crippen molar-refractivity contribution in [2.75, 3.05) is 39.9 Å². The highest BCUT2D eigenvalue weighted by Crippen LogP contribution is 2.14. The second-order valence-corrected chi connectivity index (χ2v) is 4.77. The third kappa shape index (κ3) is 4.39. The Morgan fingerprint density at radius 3 is 2.78 bits per heavy atom. The van der Waals surface area contributed by atoms with Gasteiger partial charge in [-0.1, -0.05) is 0 Å². The number of hydrogen-bond donors (Lipinski definition) is 1. The molecule has 0 saturated carbocycles. The van der Waals surface area contributed by atoms with E-state index in [-0.39, 0.29) is 30.5 Å². The van der Waals surface area contributed by atoms with Crippen molar-refractivity contribution >= 4 is 18.3 Å². The molecule has 18 heavy (non-hydrogen) atoms. The Kier molecular flexibility index (Phi) is 6.92. The van der Waals surface area contributed by atoms with Crippen molar-refractivity contribution < 1.29 is 14.3 Å². The molecule has 1 N–H and O–H groups in total. The number of nitrogens with one attached hydrogen (secondary N) is 1. The fourth-order valence-electron chi connectivity index (χ4n) is 2.32. The molecule has 0 aliphatic carbocycles. The number of hydrogen-bond acceptors (Lipinski definition) is 4. The Balaban J connectivity index is 0.00000162. The van der Waals surface area contributed by atoms with E-state index in [1.165, 1.54) is 6.42 Å². The van der Waals surface area contributed by atoms with Gasteiger partial charge in [-0.05, 0) is 19.3 Å². The van der Waals surface area contributed by atoms with Crippen LogP contribution in [-0.4, -0.2) is 62.9 Å². The lowest BCUT2D eigenvalue weighted by Crippen LogP contribution is -2.50. The number of morpholine rings is 1. The Morgan fingerprint density at radius 2 is 2.17 bits per heavy atom. The van der Waals surface area contributed by atoms with Gasteiger partial charge in [0.15, 0.2) is 0 Å². The van der Waals surface area contributed by atoms with Crippen LogP contribution < -0.4 is 5.32 Å². The predicted octanol–water partition coefficient (Wildman–Crippen LogP) is 0.424. The fourth-order valence-corrected chi connectivity index (χ4v) is 2.32. The average Bonchev–Trinajstić information content (AvgIpc) is 2.40. The molecule has 2 rings (SSSR count). The van der Waals surface area contributed by atoms with Gasteiger partial charge in [-0.25, -0.2) is 0 Å². The standard InChI is InChI=1S/C12H22N2O3.ClH/c1-14(9-10-4-2-3-6-16-10)12(15)11-8-13-5-7-17-11;/h10-11,13H,2-9H2,1H3;1H. The van der Waals surface area contributed by atoms with E-state index in [1.54, 1.807) is 4.90 Å². The molecule has 1 amide bonds. The Hall–Kier alpha value is -0.360.